The number of sulfone groups is 1. The van der Waals surface area contributed by atoms with Crippen molar-refractivity contribution in [3.63, 3.8) is 0 Å². The minimum atomic E-state index is -3.16. The van der Waals surface area contributed by atoms with Gasteiger partial charge in [0, 0.05) is 4.47 Å². The molecule has 1 N–H and O–H groups in total. The molecule has 0 atom stereocenters. The lowest BCUT2D eigenvalue weighted by molar-refractivity contribution is 0.0697. The molecule has 4 nitrogen and oxygen atoms in total. The summed E-state index contributed by atoms with van der Waals surface area (Å²) < 4.78 is 24.4. The lowest BCUT2D eigenvalue weighted by Gasteiger charge is -2.08. The lowest BCUT2D eigenvalue weighted by atomic mass is 10.1. The molecule has 1 aromatic carbocycles. The van der Waals surface area contributed by atoms with Crippen molar-refractivity contribution in [3.8, 4) is 0 Å². The molecule has 0 radical (unpaired) electrons. The maximum atomic E-state index is 11.9. The van der Waals surface area contributed by atoms with E-state index in [2.05, 4.69) is 15.9 Å². The number of carbonyl (C=O) groups is 1. The topological polar surface area (TPSA) is 71.4 Å². The minimum Gasteiger partial charge on any atom is -0.478 e. The van der Waals surface area contributed by atoms with Crippen LogP contribution >= 0.6 is 15.9 Å². The zero-order chi connectivity index (χ0) is 14.6. The third kappa shape index (κ3) is 5.32. The molecule has 0 aromatic heterocycles. The molecule has 1 aromatic rings. The van der Waals surface area contributed by atoms with Gasteiger partial charge in [-0.2, -0.15) is 0 Å². The van der Waals surface area contributed by atoms with Gasteiger partial charge in [0.2, 0.25) is 0 Å². The molecule has 0 aliphatic carbocycles. The summed E-state index contributed by atoms with van der Waals surface area (Å²) in [6, 6.07) is 4.39. The average Bonchev–Trinajstić information content (AvgIpc) is 2.29. The Morgan fingerprint density at radius 1 is 1.37 bits per heavy atom. The molecule has 6 heteroatoms. The van der Waals surface area contributed by atoms with Gasteiger partial charge in [-0.1, -0.05) is 35.8 Å². The Morgan fingerprint density at radius 2 is 2.00 bits per heavy atom. The summed E-state index contributed by atoms with van der Waals surface area (Å²) in [7, 11) is -3.16. The van der Waals surface area contributed by atoms with E-state index in [1.165, 1.54) is 12.1 Å². The molecule has 0 saturated heterocycles. The Kier molecular flexibility index (Phi) is 5.55. The maximum Gasteiger partial charge on any atom is 0.335 e. The third-order valence-electron chi connectivity index (χ3n) is 2.68. The first kappa shape index (κ1) is 16.2. The Bertz CT molecular complexity index is 564. The molecule has 0 fully saturated rings. The second kappa shape index (κ2) is 6.52. The molecule has 0 aliphatic heterocycles. The van der Waals surface area contributed by atoms with E-state index in [-0.39, 0.29) is 17.1 Å². The van der Waals surface area contributed by atoms with Crippen LogP contribution in [-0.4, -0.2) is 25.2 Å². The van der Waals surface area contributed by atoms with Crippen LogP contribution in [0.4, 0.5) is 0 Å². The number of carboxylic acid groups (broad SMARTS) is 1. The van der Waals surface area contributed by atoms with E-state index in [1.807, 2.05) is 13.8 Å². The molecule has 0 spiro atoms. The molecule has 0 heterocycles. The number of hydrogen-bond acceptors (Lipinski definition) is 3. The van der Waals surface area contributed by atoms with Crippen LogP contribution in [0.15, 0.2) is 22.7 Å². The fourth-order valence-corrected chi connectivity index (χ4v) is 3.93. The highest BCUT2D eigenvalue weighted by Gasteiger charge is 2.15. The fourth-order valence-electron chi connectivity index (χ4n) is 1.52. The van der Waals surface area contributed by atoms with Crippen LogP contribution in [0.25, 0.3) is 0 Å². The van der Waals surface area contributed by atoms with E-state index >= 15 is 0 Å². The number of hydrogen-bond donors (Lipinski definition) is 1. The fraction of sp³-hybridized carbons (Fsp3) is 0.462. The van der Waals surface area contributed by atoms with Gasteiger partial charge in [0.15, 0.2) is 9.84 Å². The van der Waals surface area contributed by atoms with Crippen LogP contribution in [0.1, 0.15) is 36.2 Å². The summed E-state index contributed by atoms with van der Waals surface area (Å²) >= 11 is 3.22. The van der Waals surface area contributed by atoms with Crippen molar-refractivity contribution in [1.29, 1.82) is 0 Å². The molecule has 19 heavy (non-hydrogen) atoms. The first-order chi connectivity index (χ1) is 8.71. The molecule has 1 rings (SSSR count). The molecule has 0 saturated carbocycles. The van der Waals surface area contributed by atoms with Crippen LogP contribution in [0.3, 0.4) is 0 Å². The van der Waals surface area contributed by atoms with E-state index in [1.54, 1.807) is 6.07 Å². The van der Waals surface area contributed by atoms with Crippen molar-refractivity contribution < 1.29 is 18.3 Å². The van der Waals surface area contributed by atoms with Crippen molar-refractivity contribution >= 4 is 31.7 Å². The lowest BCUT2D eigenvalue weighted by Crippen LogP contribution is -2.12. The highest BCUT2D eigenvalue weighted by molar-refractivity contribution is 9.10. The SMILES string of the molecule is CC(C)CCS(=O)(=O)Cc1ccc(C(=O)O)cc1Br. The predicted octanol–water partition coefficient (Wildman–Crippen LogP) is 3.11. The van der Waals surface area contributed by atoms with E-state index in [0.717, 1.165) is 0 Å². The summed E-state index contributed by atoms with van der Waals surface area (Å²) in [6.45, 7) is 3.96. The summed E-state index contributed by atoms with van der Waals surface area (Å²) in [5.41, 5.74) is 0.726. The van der Waals surface area contributed by atoms with E-state index < -0.39 is 15.8 Å². The largest absolute Gasteiger partial charge is 0.478 e. The summed E-state index contributed by atoms with van der Waals surface area (Å²) in [6.07, 6.45) is 0.632. The van der Waals surface area contributed by atoms with E-state index in [9.17, 15) is 13.2 Å². The van der Waals surface area contributed by atoms with E-state index in [4.69, 9.17) is 5.11 Å². The number of carboxylic acids is 1. The Labute approximate surface area is 121 Å². The van der Waals surface area contributed by atoms with Crippen molar-refractivity contribution in [2.45, 2.75) is 26.0 Å². The quantitative estimate of drug-likeness (QED) is 0.857. The highest BCUT2D eigenvalue weighted by Crippen LogP contribution is 2.22. The third-order valence-corrected chi connectivity index (χ3v) is 5.03. The van der Waals surface area contributed by atoms with Crippen molar-refractivity contribution in [1.82, 2.24) is 0 Å². The van der Waals surface area contributed by atoms with Crippen molar-refractivity contribution in [2.24, 2.45) is 5.92 Å². The van der Waals surface area contributed by atoms with Gasteiger partial charge in [0.25, 0.3) is 0 Å². The smallest absolute Gasteiger partial charge is 0.335 e. The molecular formula is C13H17BrO4S. The number of aromatic carboxylic acids is 1. The molecule has 0 aliphatic rings. The van der Waals surface area contributed by atoms with Crippen LogP contribution in [0.5, 0.6) is 0 Å². The Balaban J connectivity index is 2.85. The van der Waals surface area contributed by atoms with Gasteiger partial charge in [-0.3, -0.25) is 0 Å². The van der Waals surface area contributed by atoms with Crippen LogP contribution in [0, 0.1) is 5.92 Å². The van der Waals surface area contributed by atoms with Gasteiger partial charge in [-0.25, -0.2) is 13.2 Å². The van der Waals surface area contributed by atoms with Gasteiger partial charge in [0.1, 0.15) is 0 Å². The summed E-state index contributed by atoms with van der Waals surface area (Å²) in [5, 5.41) is 8.84. The summed E-state index contributed by atoms with van der Waals surface area (Å²) in [4.78, 5) is 10.8. The Hall–Kier alpha value is -0.880. The second-order valence-electron chi connectivity index (χ2n) is 4.89. The first-order valence-electron chi connectivity index (χ1n) is 5.93. The number of rotatable bonds is 6. The molecule has 106 valence electrons. The van der Waals surface area contributed by atoms with Gasteiger partial charge >= 0.3 is 5.97 Å². The number of halogens is 1. The van der Waals surface area contributed by atoms with Crippen LogP contribution < -0.4 is 0 Å². The van der Waals surface area contributed by atoms with E-state index in [0.29, 0.717) is 22.4 Å². The van der Waals surface area contributed by atoms with Crippen molar-refractivity contribution in [2.75, 3.05) is 5.75 Å². The average molecular weight is 349 g/mol. The van der Waals surface area contributed by atoms with Gasteiger partial charge in [0.05, 0.1) is 17.1 Å². The molecule has 0 unspecified atom stereocenters. The Morgan fingerprint density at radius 3 is 2.47 bits per heavy atom. The monoisotopic (exact) mass is 348 g/mol. The highest BCUT2D eigenvalue weighted by atomic mass is 79.9. The summed E-state index contributed by atoms with van der Waals surface area (Å²) in [5.74, 6) is -0.611. The number of benzene rings is 1. The van der Waals surface area contributed by atoms with Gasteiger partial charge < -0.3 is 5.11 Å². The normalized spacial score (nSPS) is 11.8. The second-order valence-corrected chi connectivity index (χ2v) is 7.92. The van der Waals surface area contributed by atoms with Crippen molar-refractivity contribution in [3.05, 3.63) is 33.8 Å². The zero-order valence-electron chi connectivity index (χ0n) is 10.9. The van der Waals surface area contributed by atoms with Crippen LogP contribution in [-0.2, 0) is 15.6 Å². The zero-order valence-corrected chi connectivity index (χ0v) is 13.3. The first-order valence-corrected chi connectivity index (χ1v) is 8.55. The molecule has 0 amide bonds. The van der Waals surface area contributed by atoms with Gasteiger partial charge in [-0.15, -0.1) is 0 Å². The standard InChI is InChI=1S/C13H17BrO4S/c1-9(2)5-6-19(17,18)8-11-4-3-10(13(15)16)7-12(11)14/h3-4,7,9H,5-6,8H2,1-2H3,(H,15,16). The minimum absolute atomic E-state index is 0.0692. The van der Waals surface area contributed by atoms with Crippen LogP contribution in [0.2, 0.25) is 0 Å². The predicted molar refractivity (Wildman–Crippen MR) is 78.0 cm³/mol. The van der Waals surface area contributed by atoms with Gasteiger partial charge in [-0.05, 0) is 30.0 Å². The maximum absolute atomic E-state index is 11.9. The molecule has 0 bridgehead atoms. The molecular weight excluding hydrogens is 332 g/mol.